The first kappa shape index (κ1) is 20.7. The number of aromatic nitrogens is 2. The van der Waals surface area contributed by atoms with Gasteiger partial charge in [-0.15, -0.1) is 0 Å². The number of anilines is 1. The Labute approximate surface area is 181 Å². The number of carbonyl (C=O) groups is 2. The zero-order chi connectivity index (χ0) is 21.1. The summed E-state index contributed by atoms with van der Waals surface area (Å²) >= 11 is 1.57. The summed E-state index contributed by atoms with van der Waals surface area (Å²) in [6.07, 6.45) is 2.16. The van der Waals surface area contributed by atoms with Crippen molar-refractivity contribution in [3.8, 4) is 0 Å². The smallest absolute Gasteiger partial charge is 0.251 e. The predicted octanol–water partition coefficient (Wildman–Crippen LogP) is 2.64. The van der Waals surface area contributed by atoms with E-state index in [1.165, 1.54) is 0 Å². The van der Waals surface area contributed by atoms with Gasteiger partial charge in [0.2, 0.25) is 5.91 Å². The highest BCUT2D eigenvalue weighted by molar-refractivity contribution is 7.98. The molecule has 4 rings (SSSR count). The van der Waals surface area contributed by atoms with Gasteiger partial charge < -0.3 is 15.1 Å². The fraction of sp³-hybridized carbons (Fsp3) is 0.455. The molecule has 2 aliphatic rings. The Hall–Kier alpha value is -2.61. The number of thioether (sulfide) groups is 1. The van der Waals surface area contributed by atoms with Crippen molar-refractivity contribution >= 4 is 29.4 Å². The molecule has 30 heavy (non-hydrogen) atoms. The minimum Gasteiger partial charge on any atom is -0.353 e. The van der Waals surface area contributed by atoms with Gasteiger partial charge in [0.15, 0.2) is 5.16 Å². The topological polar surface area (TPSA) is 78.4 Å². The molecule has 2 fully saturated rings. The molecular formula is C22H27N5O2S. The van der Waals surface area contributed by atoms with Crippen LogP contribution in [-0.2, 0) is 10.5 Å². The molecule has 1 saturated carbocycles. The molecule has 7 nitrogen and oxygen atoms in total. The van der Waals surface area contributed by atoms with E-state index in [2.05, 4.69) is 15.2 Å². The van der Waals surface area contributed by atoms with Gasteiger partial charge in [0.25, 0.3) is 5.91 Å². The number of aryl methyl sites for hydroxylation is 1. The maximum Gasteiger partial charge on any atom is 0.251 e. The quantitative estimate of drug-likeness (QED) is 0.566. The van der Waals surface area contributed by atoms with Crippen LogP contribution in [0.25, 0.3) is 0 Å². The van der Waals surface area contributed by atoms with Gasteiger partial charge in [-0.3, -0.25) is 9.59 Å². The van der Waals surface area contributed by atoms with Crippen LogP contribution in [0.4, 0.5) is 5.82 Å². The number of amides is 2. The van der Waals surface area contributed by atoms with Crippen LogP contribution in [-0.4, -0.2) is 58.9 Å². The van der Waals surface area contributed by atoms with Crippen LogP contribution in [0.1, 0.15) is 41.4 Å². The molecule has 158 valence electrons. The maximum absolute atomic E-state index is 12.3. The van der Waals surface area contributed by atoms with Crippen LogP contribution >= 0.6 is 11.8 Å². The molecule has 2 heterocycles. The van der Waals surface area contributed by atoms with Gasteiger partial charge in [-0.2, -0.15) is 0 Å². The third-order valence-corrected chi connectivity index (χ3v) is 6.26. The fourth-order valence-electron chi connectivity index (χ4n) is 3.45. The lowest BCUT2D eigenvalue weighted by atomic mass is 10.1. The molecule has 0 spiro atoms. The highest BCUT2D eigenvalue weighted by Crippen LogP contribution is 2.24. The minimum absolute atomic E-state index is 0.00291. The summed E-state index contributed by atoms with van der Waals surface area (Å²) in [6.45, 7) is 6.58. The normalized spacial score (nSPS) is 16.5. The minimum atomic E-state index is 0.00291. The Morgan fingerprint density at radius 1 is 1.13 bits per heavy atom. The Morgan fingerprint density at radius 3 is 2.60 bits per heavy atom. The summed E-state index contributed by atoms with van der Waals surface area (Å²) in [7, 11) is 0. The van der Waals surface area contributed by atoms with E-state index in [1.807, 2.05) is 42.2 Å². The molecular weight excluding hydrogens is 398 g/mol. The molecule has 1 aromatic carbocycles. The molecule has 1 aliphatic carbocycles. The first-order valence-corrected chi connectivity index (χ1v) is 11.4. The molecule has 0 atom stereocenters. The van der Waals surface area contributed by atoms with E-state index in [9.17, 15) is 9.59 Å². The average Bonchev–Trinajstić information content (AvgIpc) is 3.56. The van der Waals surface area contributed by atoms with Crippen LogP contribution in [0.2, 0.25) is 0 Å². The van der Waals surface area contributed by atoms with Gasteiger partial charge in [0.1, 0.15) is 5.82 Å². The number of carbonyl (C=O) groups excluding carboxylic acids is 2. The van der Waals surface area contributed by atoms with E-state index >= 15 is 0 Å². The van der Waals surface area contributed by atoms with Crippen molar-refractivity contribution in [1.82, 2.24) is 20.2 Å². The van der Waals surface area contributed by atoms with E-state index in [-0.39, 0.29) is 11.8 Å². The van der Waals surface area contributed by atoms with Crippen LogP contribution in [0.5, 0.6) is 0 Å². The van der Waals surface area contributed by atoms with Crippen LogP contribution in [0, 0.1) is 6.92 Å². The lowest BCUT2D eigenvalue weighted by Gasteiger charge is -2.35. The first-order valence-electron chi connectivity index (χ1n) is 10.4. The highest BCUT2D eigenvalue weighted by Gasteiger charge is 2.24. The van der Waals surface area contributed by atoms with Crippen molar-refractivity contribution in [1.29, 1.82) is 0 Å². The van der Waals surface area contributed by atoms with E-state index < -0.39 is 0 Å². The summed E-state index contributed by atoms with van der Waals surface area (Å²) in [5.74, 6) is 1.73. The van der Waals surface area contributed by atoms with Crippen molar-refractivity contribution in [3.63, 3.8) is 0 Å². The molecule has 1 saturated heterocycles. The van der Waals surface area contributed by atoms with Crippen molar-refractivity contribution < 1.29 is 9.59 Å². The molecule has 2 amide bonds. The summed E-state index contributed by atoms with van der Waals surface area (Å²) in [4.78, 5) is 37.2. The second-order valence-electron chi connectivity index (χ2n) is 7.88. The van der Waals surface area contributed by atoms with E-state index in [1.54, 1.807) is 18.7 Å². The maximum atomic E-state index is 12.3. The molecule has 1 aromatic heterocycles. The third kappa shape index (κ3) is 5.30. The van der Waals surface area contributed by atoms with Gasteiger partial charge in [-0.05, 0) is 37.5 Å². The molecule has 1 N–H and O–H groups in total. The van der Waals surface area contributed by atoms with Gasteiger partial charge in [0, 0.05) is 62.2 Å². The number of piperazine rings is 1. The van der Waals surface area contributed by atoms with Gasteiger partial charge >= 0.3 is 0 Å². The average molecular weight is 426 g/mol. The summed E-state index contributed by atoms with van der Waals surface area (Å²) in [6, 6.07) is 10.1. The molecule has 0 radical (unpaired) electrons. The molecule has 1 aliphatic heterocycles. The number of nitrogens with one attached hydrogen (secondary N) is 1. The highest BCUT2D eigenvalue weighted by atomic mass is 32.2. The molecule has 8 heteroatoms. The van der Waals surface area contributed by atoms with Crippen molar-refractivity contribution in [2.24, 2.45) is 0 Å². The van der Waals surface area contributed by atoms with Crippen molar-refractivity contribution in [3.05, 3.63) is 47.2 Å². The van der Waals surface area contributed by atoms with Gasteiger partial charge in [0.05, 0.1) is 0 Å². The number of hydrogen-bond donors (Lipinski definition) is 1. The Kier molecular flexibility index (Phi) is 6.22. The van der Waals surface area contributed by atoms with Crippen molar-refractivity contribution in [2.45, 2.75) is 43.6 Å². The van der Waals surface area contributed by atoms with Crippen molar-refractivity contribution in [2.75, 3.05) is 31.1 Å². The Balaban J connectivity index is 1.39. The Bertz CT molecular complexity index is 939. The summed E-state index contributed by atoms with van der Waals surface area (Å²) in [5.41, 5.74) is 2.70. The van der Waals surface area contributed by atoms with Gasteiger partial charge in [-0.1, -0.05) is 23.9 Å². The number of benzene rings is 1. The standard InChI is InChI=1S/C22H27N5O2S/c1-15-12-20(27-10-8-26(9-11-27)16(2)28)25-22(23-15)30-14-17-4-3-5-18(13-17)21(29)24-19-6-7-19/h3-5,12-13,19H,6-11,14H2,1-2H3,(H,24,29). The van der Waals surface area contributed by atoms with E-state index in [0.717, 1.165) is 61.3 Å². The van der Waals surface area contributed by atoms with Crippen LogP contribution in [0.15, 0.2) is 35.5 Å². The third-order valence-electron chi connectivity index (χ3n) is 5.34. The largest absolute Gasteiger partial charge is 0.353 e. The fourth-order valence-corrected chi connectivity index (χ4v) is 4.29. The number of rotatable bonds is 6. The number of nitrogens with zero attached hydrogens (tertiary/aromatic N) is 4. The Morgan fingerprint density at radius 2 is 1.90 bits per heavy atom. The summed E-state index contributed by atoms with van der Waals surface area (Å²) in [5, 5.41) is 3.76. The van der Waals surface area contributed by atoms with E-state index in [4.69, 9.17) is 4.98 Å². The van der Waals surface area contributed by atoms with E-state index in [0.29, 0.717) is 17.4 Å². The second kappa shape index (κ2) is 9.04. The molecule has 0 unspecified atom stereocenters. The zero-order valence-corrected chi connectivity index (χ0v) is 18.2. The number of hydrogen-bond acceptors (Lipinski definition) is 6. The second-order valence-corrected chi connectivity index (χ2v) is 8.82. The SMILES string of the molecule is CC(=O)N1CCN(c2cc(C)nc(SCc3cccc(C(=O)NC4CC4)c3)n2)CC1. The first-order chi connectivity index (χ1) is 14.5. The lowest BCUT2D eigenvalue weighted by molar-refractivity contribution is -0.129. The molecule has 0 bridgehead atoms. The molecule has 2 aromatic rings. The van der Waals surface area contributed by atoms with Crippen LogP contribution < -0.4 is 10.2 Å². The zero-order valence-electron chi connectivity index (χ0n) is 17.4. The lowest BCUT2D eigenvalue weighted by Crippen LogP contribution is -2.48. The monoisotopic (exact) mass is 425 g/mol. The summed E-state index contributed by atoms with van der Waals surface area (Å²) < 4.78 is 0. The van der Waals surface area contributed by atoms with Gasteiger partial charge in [-0.25, -0.2) is 9.97 Å². The van der Waals surface area contributed by atoms with Crippen LogP contribution in [0.3, 0.4) is 0 Å². The predicted molar refractivity (Wildman–Crippen MR) is 118 cm³/mol.